The van der Waals surface area contributed by atoms with Crippen molar-refractivity contribution in [1.29, 1.82) is 5.26 Å². The van der Waals surface area contributed by atoms with Gasteiger partial charge < -0.3 is 10.6 Å². The number of dihydropyridines is 1. The Morgan fingerprint density at radius 2 is 2.43 bits per heavy atom. The molecule has 1 aliphatic rings. The van der Waals surface area contributed by atoms with E-state index >= 15 is 0 Å². The second-order valence-electron chi connectivity index (χ2n) is 3.50. The molecule has 0 spiro atoms. The zero-order valence-electron chi connectivity index (χ0n) is 8.85. The van der Waals surface area contributed by atoms with Crippen LogP contribution in [0.4, 0.5) is 0 Å². The number of nitrogens with one attached hydrogen (secondary N) is 2. The van der Waals surface area contributed by atoms with Crippen LogP contribution in [-0.4, -0.2) is 19.6 Å². The van der Waals surface area contributed by atoms with E-state index in [0.29, 0.717) is 5.70 Å². The van der Waals surface area contributed by atoms with Crippen LogP contribution in [0.15, 0.2) is 22.9 Å². The van der Waals surface area contributed by atoms with Gasteiger partial charge in [0.25, 0.3) is 0 Å². The Kier molecular flexibility index (Phi) is 4.21. The Balaban J connectivity index is 2.50. The first-order chi connectivity index (χ1) is 6.77. The summed E-state index contributed by atoms with van der Waals surface area (Å²) in [7, 11) is 0. The van der Waals surface area contributed by atoms with Crippen LogP contribution in [0.25, 0.3) is 0 Å². The van der Waals surface area contributed by atoms with Gasteiger partial charge in [-0.15, -0.1) is 0 Å². The lowest BCUT2D eigenvalue weighted by molar-refractivity contribution is 0.692. The molecule has 3 nitrogen and oxygen atoms in total. The van der Waals surface area contributed by atoms with Crippen molar-refractivity contribution in [2.45, 2.75) is 20.3 Å². The van der Waals surface area contributed by atoms with E-state index in [0.717, 1.165) is 31.6 Å². The lowest BCUT2D eigenvalue weighted by Gasteiger charge is -2.16. The van der Waals surface area contributed by atoms with Gasteiger partial charge in [-0.1, -0.05) is 13.0 Å². The van der Waals surface area contributed by atoms with Crippen LogP contribution in [0.3, 0.4) is 0 Å². The van der Waals surface area contributed by atoms with Crippen molar-refractivity contribution in [3.05, 3.63) is 22.9 Å². The highest BCUT2D eigenvalue weighted by Gasteiger charge is 2.08. The van der Waals surface area contributed by atoms with Gasteiger partial charge in [-0.25, -0.2) is 0 Å². The highest BCUT2D eigenvalue weighted by atomic mass is 14.9. The third-order valence-corrected chi connectivity index (χ3v) is 2.20. The fourth-order valence-corrected chi connectivity index (χ4v) is 1.44. The summed E-state index contributed by atoms with van der Waals surface area (Å²) >= 11 is 0. The van der Waals surface area contributed by atoms with Crippen LogP contribution in [-0.2, 0) is 0 Å². The lowest BCUT2D eigenvalue weighted by Crippen LogP contribution is -2.27. The Hall–Kier alpha value is -1.27. The Morgan fingerprint density at radius 1 is 1.64 bits per heavy atom. The van der Waals surface area contributed by atoms with Crippen LogP contribution in [0.2, 0.25) is 0 Å². The zero-order chi connectivity index (χ0) is 10.4. The average molecular weight is 191 g/mol. The maximum absolute atomic E-state index is 8.75. The number of nitriles is 1. The molecule has 0 fully saturated rings. The average Bonchev–Trinajstić information content (AvgIpc) is 2.18. The summed E-state index contributed by atoms with van der Waals surface area (Å²) in [4.78, 5) is 0. The van der Waals surface area contributed by atoms with E-state index in [-0.39, 0.29) is 0 Å². The summed E-state index contributed by atoms with van der Waals surface area (Å²) in [6.45, 7) is 6.86. The number of hydrogen-bond donors (Lipinski definition) is 2. The summed E-state index contributed by atoms with van der Waals surface area (Å²) in [5.41, 5.74) is 3.05. The van der Waals surface area contributed by atoms with E-state index in [4.69, 9.17) is 5.26 Å². The van der Waals surface area contributed by atoms with Crippen molar-refractivity contribution in [3.63, 3.8) is 0 Å². The van der Waals surface area contributed by atoms with Gasteiger partial charge in [-0.05, 0) is 31.0 Å². The van der Waals surface area contributed by atoms with Gasteiger partial charge >= 0.3 is 0 Å². The highest BCUT2D eigenvalue weighted by Crippen LogP contribution is 2.10. The van der Waals surface area contributed by atoms with Crippen LogP contribution >= 0.6 is 0 Å². The molecule has 0 saturated carbocycles. The van der Waals surface area contributed by atoms with Crippen molar-refractivity contribution in [2.75, 3.05) is 19.6 Å². The SMILES string of the molecule is CCCNCC1=CC(C)=C(C#N)NC1. The second kappa shape index (κ2) is 5.46. The quantitative estimate of drug-likeness (QED) is 0.659. The normalized spacial score (nSPS) is 15.9. The first kappa shape index (κ1) is 10.8. The first-order valence-electron chi connectivity index (χ1n) is 5.03. The van der Waals surface area contributed by atoms with Crippen molar-refractivity contribution in [2.24, 2.45) is 0 Å². The molecule has 0 saturated heterocycles. The molecule has 0 bridgehead atoms. The summed E-state index contributed by atoms with van der Waals surface area (Å²) < 4.78 is 0. The van der Waals surface area contributed by atoms with Crippen molar-refractivity contribution >= 4 is 0 Å². The zero-order valence-corrected chi connectivity index (χ0v) is 8.85. The monoisotopic (exact) mass is 191 g/mol. The van der Waals surface area contributed by atoms with Crippen LogP contribution < -0.4 is 10.6 Å². The number of allylic oxidation sites excluding steroid dienone is 3. The predicted octanol–water partition coefficient (Wildman–Crippen LogP) is 1.31. The summed E-state index contributed by atoms with van der Waals surface area (Å²) in [6.07, 6.45) is 3.25. The molecule has 1 aliphatic heterocycles. The molecular formula is C11H17N3. The minimum atomic E-state index is 0.698. The second-order valence-corrected chi connectivity index (χ2v) is 3.50. The van der Waals surface area contributed by atoms with Crippen molar-refractivity contribution in [3.8, 4) is 6.07 Å². The number of rotatable bonds is 4. The van der Waals surface area contributed by atoms with Gasteiger partial charge in [-0.2, -0.15) is 5.26 Å². The van der Waals surface area contributed by atoms with E-state index in [1.54, 1.807) is 0 Å². The number of hydrogen-bond acceptors (Lipinski definition) is 3. The topological polar surface area (TPSA) is 47.9 Å². The maximum atomic E-state index is 8.75. The highest BCUT2D eigenvalue weighted by molar-refractivity contribution is 5.38. The molecule has 0 radical (unpaired) electrons. The molecule has 76 valence electrons. The molecule has 0 unspecified atom stereocenters. The predicted molar refractivity (Wildman–Crippen MR) is 57.6 cm³/mol. The van der Waals surface area contributed by atoms with Gasteiger partial charge in [0.15, 0.2) is 0 Å². The molecule has 3 heteroatoms. The van der Waals surface area contributed by atoms with Crippen molar-refractivity contribution < 1.29 is 0 Å². The van der Waals surface area contributed by atoms with Gasteiger partial charge in [0.2, 0.25) is 0 Å². The van der Waals surface area contributed by atoms with E-state index in [9.17, 15) is 0 Å². The lowest BCUT2D eigenvalue weighted by atomic mass is 10.1. The minimum absolute atomic E-state index is 0.698. The third-order valence-electron chi connectivity index (χ3n) is 2.20. The van der Waals surface area contributed by atoms with E-state index in [1.807, 2.05) is 6.92 Å². The fourth-order valence-electron chi connectivity index (χ4n) is 1.44. The molecule has 0 amide bonds. The van der Waals surface area contributed by atoms with Crippen LogP contribution in [0, 0.1) is 11.3 Å². The molecule has 0 aromatic heterocycles. The smallest absolute Gasteiger partial charge is 0.117 e. The largest absolute Gasteiger partial charge is 0.373 e. The van der Waals surface area contributed by atoms with E-state index in [1.165, 1.54) is 5.57 Å². The minimum Gasteiger partial charge on any atom is -0.373 e. The van der Waals surface area contributed by atoms with Gasteiger partial charge in [-0.3, -0.25) is 0 Å². The van der Waals surface area contributed by atoms with Crippen LogP contribution in [0.1, 0.15) is 20.3 Å². The molecule has 2 N–H and O–H groups in total. The third kappa shape index (κ3) is 2.90. The van der Waals surface area contributed by atoms with Crippen LogP contribution in [0.5, 0.6) is 0 Å². The fraction of sp³-hybridized carbons (Fsp3) is 0.545. The van der Waals surface area contributed by atoms with Gasteiger partial charge in [0.05, 0.1) is 0 Å². The molecule has 0 aromatic rings. The van der Waals surface area contributed by atoms with E-state index < -0.39 is 0 Å². The van der Waals surface area contributed by atoms with Gasteiger partial charge in [0.1, 0.15) is 11.8 Å². The molecule has 0 atom stereocenters. The summed E-state index contributed by atoms with van der Waals surface area (Å²) in [6, 6.07) is 2.15. The Bertz CT molecular complexity index is 294. The van der Waals surface area contributed by atoms with Crippen molar-refractivity contribution in [1.82, 2.24) is 10.6 Å². The molecule has 0 aromatic carbocycles. The van der Waals surface area contributed by atoms with E-state index in [2.05, 4.69) is 29.7 Å². The summed E-state index contributed by atoms with van der Waals surface area (Å²) in [5.74, 6) is 0. The standard InChI is InChI=1S/C11H17N3/c1-3-4-13-7-10-5-9(2)11(6-12)14-8-10/h5,13-14H,3-4,7-8H2,1-2H3. The molecular weight excluding hydrogens is 174 g/mol. The first-order valence-corrected chi connectivity index (χ1v) is 5.03. The summed E-state index contributed by atoms with van der Waals surface area (Å²) in [5, 5.41) is 15.2. The molecule has 0 aliphatic carbocycles. The molecule has 14 heavy (non-hydrogen) atoms. The Morgan fingerprint density at radius 3 is 3.00 bits per heavy atom. The molecule has 1 rings (SSSR count). The molecule has 1 heterocycles. The van der Waals surface area contributed by atoms with Gasteiger partial charge in [0, 0.05) is 13.1 Å². The number of nitrogens with zero attached hydrogens (tertiary/aromatic N) is 1. The maximum Gasteiger partial charge on any atom is 0.117 e. The Labute approximate surface area is 85.5 Å².